The average Bonchev–Trinajstić information content (AvgIpc) is 2.94. The molecule has 0 aliphatic rings. The fraction of sp³-hybridized carbons (Fsp3) is 0.333. The molecule has 21 heavy (non-hydrogen) atoms. The molecule has 0 saturated heterocycles. The minimum absolute atomic E-state index is 0.195. The molecule has 5 nitrogen and oxygen atoms in total. The zero-order valence-electron chi connectivity index (χ0n) is 12.1. The van der Waals surface area contributed by atoms with Crippen molar-refractivity contribution in [3.05, 3.63) is 36.4 Å². The van der Waals surface area contributed by atoms with Crippen LogP contribution in [0.4, 0.5) is 9.80 Å². The Kier molecular flexibility index (Phi) is 5.30. The summed E-state index contributed by atoms with van der Waals surface area (Å²) in [6, 6.07) is 11.5. The van der Waals surface area contributed by atoms with Gasteiger partial charge in [-0.3, -0.25) is 5.32 Å². The number of nitrogens with one attached hydrogen (secondary N) is 1. The molecule has 2 amide bonds. The van der Waals surface area contributed by atoms with Gasteiger partial charge in [0.1, 0.15) is 5.00 Å². The van der Waals surface area contributed by atoms with E-state index in [-0.39, 0.29) is 6.03 Å². The van der Waals surface area contributed by atoms with Gasteiger partial charge in [-0.1, -0.05) is 30.3 Å². The van der Waals surface area contributed by atoms with Crippen molar-refractivity contribution < 1.29 is 9.90 Å². The quantitative estimate of drug-likeness (QED) is 0.892. The first-order chi connectivity index (χ1) is 10.1. The highest BCUT2D eigenvalue weighted by atomic mass is 32.1. The van der Waals surface area contributed by atoms with Crippen molar-refractivity contribution in [2.45, 2.75) is 19.4 Å². The van der Waals surface area contributed by atoms with Gasteiger partial charge in [0, 0.05) is 25.2 Å². The molecular weight excluding hydrogens is 286 g/mol. The van der Waals surface area contributed by atoms with Crippen LogP contribution in [0.15, 0.2) is 36.4 Å². The molecule has 1 unspecified atom stereocenters. The predicted octanol–water partition coefficient (Wildman–Crippen LogP) is 3.04. The topological polar surface area (TPSA) is 65.5 Å². The highest BCUT2D eigenvalue weighted by molar-refractivity contribution is 7.10. The number of rotatable bonds is 5. The minimum atomic E-state index is -0.409. The Morgan fingerprint density at radius 3 is 2.81 bits per heavy atom. The van der Waals surface area contributed by atoms with Crippen molar-refractivity contribution in [1.29, 1.82) is 0 Å². The van der Waals surface area contributed by atoms with E-state index in [2.05, 4.69) is 9.69 Å². The monoisotopic (exact) mass is 305 g/mol. The van der Waals surface area contributed by atoms with E-state index in [9.17, 15) is 9.90 Å². The molecule has 0 bridgehead atoms. The fourth-order valence-electron chi connectivity index (χ4n) is 1.76. The molecule has 2 N–H and O–H groups in total. The minimum Gasteiger partial charge on any atom is -0.393 e. The maximum Gasteiger partial charge on any atom is 0.322 e. The van der Waals surface area contributed by atoms with E-state index in [4.69, 9.17) is 0 Å². The average molecular weight is 305 g/mol. The third kappa shape index (κ3) is 4.54. The van der Waals surface area contributed by atoms with Gasteiger partial charge in [0.15, 0.2) is 0 Å². The Morgan fingerprint density at radius 1 is 1.43 bits per heavy atom. The summed E-state index contributed by atoms with van der Waals surface area (Å²) >= 11 is 1.26. The lowest BCUT2D eigenvalue weighted by Gasteiger charge is -2.17. The molecule has 6 heteroatoms. The van der Waals surface area contributed by atoms with Crippen LogP contribution in [0.1, 0.15) is 13.3 Å². The Labute approximate surface area is 128 Å². The first-order valence-electron chi connectivity index (χ1n) is 6.78. The van der Waals surface area contributed by atoms with E-state index in [0.29, 0.717) is 18.0 Å². The summed E-state index contributed by atoms with van der Waals surface area (Å²) < 4.78 is 4.34. The van der Waals surface area contributed by atoms with Gasteiger partial charge in [-0.2, -0.15) is 4.37 Å². The molecule has 1 heterocycles. The summed E-state index contributed by atoms with van der Waals surface area (Å²) in [5.74, 6) is 0. The van der Waals surface area contributed by atoms with Crippen molar-refractivity contribution in [1.82, 2.24) is 9.27 Å². The Balaban J connectivity index is 1.95. The van der Waals surface area contributed by atoms with Gasteiger partial charge < -0.3 is 10.0 Å². The Bertz CT molecular complexity index is 584. The summed E-state index contributed by atoms with van der Waals surface area (Å²) in [4.78, 5) is 13.5. The number of urea groups is 1. The van der Waals surface area contributed by atoms with Crippen LogP contribution in [0.5, 0.6) is 0 Å². The zero-order chi connectivity index (χ0) is 15.2. The molecule has 1 aromatic heterocycles. The van der Waals surface area contributed by atoms with Crippen LogP contribution in [-0.2, 0) is 0 Å². The third-order valence-electron chi connectivity index (χ3n) is 3.04. The molecule has 0 fully saturated rings. The van der Waals surface area contributed by atoms with Crippen molar-refractivity contribution in [3.63, 3.8) is 0 Å². The lowest BCUT2D eigenvalue weighted by atomic mass is 10.2. The maximum absolute atomic E-state index is 12.0. The second-order valence-corrected chi connectivity index (χ2v) is 5.74. The van der Waals surface area contributed by atoms with Crippen LogP contribution in [0.2, 0.25) is 0 Å². The van der Waals surface area contributed by atoms with Crippen LogP contribution in [0.3, 0.4) is 0 Å². The molecule has 112 valence electrons. The molecule has 1 aromatic carbocycles. The number of carbonyl (C=O) groups is 1. The van der Waals surface area contributed by atoms with Gasteiger partial charge >= 0.3 is 6.03 Å². The normalized spacial score (nSPS) is 12.0. The van der Waals surface area contributed by atoms with E-state index in [1.807, 2.05) is 36.4 Å². The van der Waals surface area contributed by atoms with E-state index in [0.717, 1.165) is 11.3 Å². The number of nitrogens with zero attached hydrogens (tertiary/aromatic N) is 2. The number of amides is 2. The maximum atomic E-state index is 12.0. The fourth-order valence-corrected chi connectivity index (χ4v) is 2.41. The summed E-state index contributed by atoms with van der Waals surface area (Å²) in [7, 11) is 1.71. The van der Waals surface area contributed by atoms with E-state index >= 15 is 0 Å². The van der Waals surface area contributed by atoms with Crippen molar-refractivity contribution in [3.8, 4) is 11.3 Å². The van der Waals surface area contributed by atoms with Crippen LogP contribution in [0, 0.1) is 0 Å². The van der Waals surface area contributed by atoms with Gasteiger partial charge in [0.2, 0.25) is 0 Å². The van der Waals surface area contributed by atoms with Crippen molar-refractivity contribution in [2.24, 2.45) is 0 Å². The highest BCUT2D eigenvalue weighted by Crippen LogP contribution is 2.25. The van der Waals surface area contributed by atoms with Crippen LogP contribution in [0.25, 0.3) is 11.3 Å². The van der Waals surface area contributed by atoms with Crippen LogP contribution >= 0.6 is 11.5 Å². The summed E-state index contributed by atoms with van der Waals surface area (Å²) in [6.07, 6.45) is 0.148. The SMILES string of the molecule is CC(O)CCN(C)C(=O)Nc1cc(-c2ccccc2)ns1. The first kappa shape index (κ1) is 15.5. The molecule has 1 atom stereocenters. The standard InChI is InChI=1S/C15H19N3O2S/c1-11(19)8-9-18(2)15(20)16-14-10-13(17-21-14)12-6-4-3-5-7-12/h3-7,10-11,19H,8-9H2,1-2H3,(H,16,20). The Morgan fingerprint density at radius 2 is 2.14 bits per heavy atom. The molecule has 0 spiro atoms. The number of benzene rings is 1. The largest absolute Gasteiger partial charge is 0.393 e. The number of carbonyl (C=O) groups excluding carboxylic acids is 1. The van der Waals surface area contributed by atoms with Crippen molar-refractivity contribution in [2.75, 3.05) is 18.9 Å². The van der Waals surface area contributed by atoms with Gasteiger partial charge in [-0.25, -0.2) is 4.79 Å². The van der Waals surface area contributed by atoms with Gasteiger partial charge in [0.05, 0.1) is 11.8 Å². The molecule has 0 aliphatic heterocycles. The molecule has 2 aromatic rings. The number of anilines is 1. The molecule has 0 radical (unpaired) electrons. The predicted molar refractivity (Wildman–Crippen MR) is 85.5 cm³/mol. The Hall–Kier alpha value is -1.92. The number of aromatic nitrogens is 1. The van der Waals surface area contributed by atoms with Crippen molar-refractivity contribution >= 4 is 22.6 Å². The third-order valence-corrected chi connectivity index (χ3v) is 3.74. The molecule has 0 saturated carbocycles. The van der Waals surface area contributed by atoms with E-state index in [1.54, 1.807) is 18.9 Å². The number of aliphatic hydroxyl groups excluding tert-OH is 1. The summed E-state index contributed by atoms with van der Waals surface area (Å²) in [5, 5.41) is 12.8. The number of hydrogen-bond acceptors (Lipinski definition) is 4. The van der Waals surface area contributed by atoms with E-state index < -0.39 is 6.10 Å². The second kappa shape index (κ2) is 7.19. The lowest BCUT2D eigenvalue weighted by molar-refractivity contribution is 0.167. The lowest BCUT2D eigenvalue weighted by Crippen LogP contribution is -2.33. The smallest absolute Gasteiger partial charge is 0.322 e. The van der Waals surface area contributed by atoms with Gasteiger partial charge in [-0.15, -0.1) is 0 Å². The van der Waals surface area contributed by atoms with Gasteiger partial charge in [-0.05, 0) is 24.9 Å². The molecule has 2 rings (SSSR count). The number of aliphatic hydroxyl groups is 1. The second-order valence-electron chi connectivity index (χ2n) is 4.93. The van der Waals surface area contributed by atoms with Crippen LogP contribution < -0.4 is 5.32 Å². The summed E-state index contributed by atoms with van der Waals surface area (Å²) in [6.45, 7) is 2.22. The zero-order valence-corrected chi connectivity index (χ0v) is 12.9. The molecular formula is C15H19N3O2S. The number of hydrogen-bond donors (Lipinski definition) is 2. The summed E-state index contributed by atoms with van der Waals surface area (Å²) in [5.41, 5.74) is 1.87. The van der Waals surface area contributed by atoms with E-state index in [1.165, 1.54) is 11.5 Å². The first-order valence-corrected chi connectivity index (χ1v) is 7.56. The highest BCUT2D eigenvalue weighted by Gasteiger charge is 2.12. The molecule has 0 aliphatic carbocycles. The van der Waals surface area contributed by atoms with Gasteiger partial charge in [0.25, 0.3) is 0 Å². The van der Waals surface area contributed by atoms with Crippen LogP contribution in [-0.4, -0.2) is 40.1 Å².